The largest absolute Gasteiger partial charge is 0.457 e. The van der Waals surface area contributed by atoms with Gasteiger partial charge in [0.05, 0.1) is 4.90 Å². The predicted molar refractivity (Wildman–Crippen MR) is 112 cm³/mol. The fourth-order valence-electron chi connectivity index (χ4n) is 2.76. The Morgan fingerprint density at radius 3 is 2.21 bits per heavy atom. The molecule has 28 heavy (non-hydrogen) atoms. The number of para-hydroxylation sites is 1. The Morgan fingerprint density at radius 1 is 0.929 bits per heavy atom. The van der Waals surface area contributed by atoms with Crippen molar-refractivity contribution in [2.45, 2.75) is 31.2 Å². The maximum atomic E-state index is 12.3. The van der Waals surface area contributed by atoms with Gasteiger partial charge in [0.15, 0.2) is 0 Å². The van der Waals surface area contributed by atoms with Gasteiger partial charge in [-0.25, -0.2) is 13.1 Å². The Morgan fingerprint density at radius 2 is 1.57 bits per heavy atom. The highest BCUT2D eigenvalue weighted by Gasteiger charge is 2.13. The summed E-state index contributed by atoms with van der Waals surface area (Å²) in [7, 11) is -3.59. The molecule has 3 N–H and O–H groups in total. The first-order chi connectivity index (χ1) is 13.3. The number of rotatable bonds is 7. The number of hydrogen-bond acceptors (Lipinski definition) is 4. The minimum Gasteiger partial charge on any atom is -0.457 e. The molecule has 0 radical (unpaired) electrons. The van der Waals surface area contributed by atoms with Gasteiger partial charge in [-0.1, -0.05) is 44.2 Å². The van der Waals surface area contributed by atoms with Gasteiger partial charge in [-0.2, -0.15) is 0 Å². The predicted octanol–water partition coefficient (Wildman–Crippen LogP) is 4.66. The summed E-state index contributed by atoms with van der Waals surface area (Å²) in [6.45, 7) is 4.44. The number of nitrogen functional groups attached to an aromatic ring is 1. The van der Waals surface area contributed by atoms with E-state index >= 15 is 0 Å². The third-order valence-corrected chi connectivity index (χ3v) is 5.77. The van der Waals surface area contributed by atoms with E-state index in [-0.39, 0.29) is 11.4 Å². The number of nitrogens with two attached hydrogens (primary N) is 1. The SMILES string of the molecule is CC(C)c1ccccc1Oc1ccc(CNS(=O)(=O)c2ccc(N)cc2)cc1. The highest BCUT2D eigenvalue weighted by atomic mass is 32.2. The summed E-state index contributed by atoms with van der Waals surface area (Å²) >= 11 is 0. The monoisotopic (exact) mass is 396 g/mol. The molecule has 0 heterocycles. The van der Waals surface area contributed by atoms with Crippen LogP contribution in [-0.4, -0.2) is 8.42 Å². The fourth-order valence-corrected chi connectivity index (χ4v) is 3.78. The van der Waals surface area contributed by atoms with Crippen LogP contribution in [0.15, 0.2) is 77.7 Å². The minimum atomic E-state index is -3.59. The van der Waals surface area contributed by atoms with Gasteiger partial charge < -0.3 is 10.5 Å². The quantitative estimate of drug-likeness (QED) is 0.569. The van der Waals surface area contributed by atoms with Crippen LogP contribution in [0.25, 0.3) is 0 Å². The third kappa shape index (κ3) is 4.91. The molecule has 0 bridgehead atoms. The lowest BCUT2D eigenvalue weighted by Crippen LogP contribution is -2.23. The molecule has 0 aliphatic heterocycles. The van der Waals surface area contributed by atoms with Gasteiger partial charge >= 0.3 is 0 Å². The first kappa shape index (κ1) is 19.9. The molecule has 0 atom stereocenters. The summed E-state index contributed by atoms with van der Waals surface area (Å²) in [6.07, 6.45) is 0. The Bertz CT molecular complexity index is 1030. The van der Waals surface area contributed by atoms with Crippen LogP contribution in [0.3, 0.4) is 0 Å². The van der Waals surface area contributed by atoms with E-state index in [4.69, 9.17) is 10.5 Å². The molecule has 0 aliphatic rings. The molecule has 3 aromatic rings. The molecule has 3 aromatic carbocycles. The number of hydrogen-bond donors (Lipinski definition) is 2. The van der Waals surface area contributed by atoms with Crippen LogP contribution in [0.2, 0.25) is 0 Å². The van der Waals surface area contributed by atoms with E-state index in [1.165, 1.54) is 12.1 Å². The Hall–Kier alpha value is -2.83. The van der Waals surface area contributed by atoms with Crippen molar-refractivity contribution in [1.82, 2.24) is 4.72 Å². The molecule has 0 saturated carbocycles. The number of benzene rings is 3. The molecule has 6 heteroatoms. The summed E-state index contributed by atoms with van der Waals surface area (Å²) in [5.41, 5.74) is 8.10. The average molecular weight is 397 g/mol. The maximum absolute atomic E-state index is 12.3. The van der Waals surface area contributed by atoms with Crippen molar-refractivity contribution in [3.63, 3.8) is 0 Å². The summed E-state index contributed by atoms with van der Waals surface area (Å²) in [5.74, 6) is 1.89. The van der Waals surface area contributed by atoms with E-state index < -0.39 is 10.0 Å². The average Bonchev–Trinajstić information content (AvgIpc) is 2.68. The van der Waals surface area contributed by atoms with Crippen LogP contribution in [-0.2, 0) is 16.6 Å². The first-order valence-corrected chi connectivity index (χ1v) is 10.5. The number of ether oxygens (including phenoxy) is 1. The van der Waals surface area contributed by atoms with Crippen molar-refractivity contribution in [2.75, 3.05) is 5.73 Å². The second-order valence-electron chi connectivity index (χ2n) is 6.83. The molecule has 0 unspecified atom stereocenters. The Kier molecular flexibility index (Phi) is 6.02. The van der Waals surface area contributed by atoms with Crippen LogP contribution in [0, 0.1) is 0 Å². The van der Waals surface area contributed by atoms with Crippen LogP contribution < -0.4 is 15.2 Å². The lowest BCUT2D eigenvalue weighted by atomic mass is 10.0. The van der Waals surface area contributed by atoms with E-state index in [0.717, 1.165) is 16.9 Å². The van der Waals surface area contributed by atoms with Crippen LogP contribution >= 0.6 is 0 Å². The highest BCUT2D eigenvalue weighted by molar-refractivity contribution is 7.89. The van der Waals surface area contributed by atoms with E-state index in [2.05, 4.69) is 24.6 Å². The highest BCUT2D eigenvalue weighted by Crippen LogP contribution is 2.30. The van der Waals surface area contributed by atoms with Crippen LogP contribution in [0.1, 0.15) is 30.9 Å². The first-order valence-electron chi connectivity index (χ1n) is 9.06. The van der Waals surface area contributed by atoms with Gasteiger partial charge in [0, 0.05) is 12.2 Å². The van der Waals surface area contributed by atoms with Crippen molar-refractivity contribution in [3.8, 4) is 11.5 Å². The molecule has 5 nitrogen and oxygen atoms in total. The maximum Gasteiger partial charge on any atom is 0.240 e. The molecule has 0 aliphatic carbocycles. The van der Waals surface area contributed by atoms with Gasteiger partial charge in [-0.3, -0.25) is 0 Å². The van der Waals surface area contributed by atoms with Gasteiger partial charge in [0.25, 0.3) is 0 Å². The zero-order chi connectivity index (χ0) is 20.1. The lowest BCUT2D eigenvalue weighted by molar-refractivity contribution is 0.473. The van der Waals surface area contributed by atoms with Gasteiger partial charge in [-0.05, 0) is 59.5 Å². The van der Waals surface area contributed by atoms with E-state index in [0.29, 0.717) is 17.4 Å². The van der Waals surface area contributed by atoms with Crippen LogP contribution in [0.4, 0.5) is 5.69 Å². The second kappa shape index (κ2) is 8.46. The third-order valence-electron chi connectivity index (χ3n) is 4.35. The summed E-state index contributed by atoms with van der Waals surface area (Å²) < 4.78 is 33.3. The van der Waals surface area contributed by atoms with Crippen molar-refractivity contribution < 1.29 is 13.2 Å². The summed E-state index contributed by atoms with van der Waals surface area (Å²) in [4.78, 5) is 0.187. The standard InChI is InChI=1S/C22H24N2O3S/c1-16(2)21-5-3-4-6-22(21)27-19-11-7-17(8-12-19)15-24-28(25,26)20-13-9-18(23)10-14-20/h3-14,16,24H,15,23H2,1-2H3. The summed E-state index contributed by atoms with van der Waals surface area (Å²) in [5, 5.41) is 0. The zero-order valence-corrected chi connectivity index (χ0v) is 16.7. The molecule has 0 amide bonds. The van der Waals surface area contributed by atoms with E-state index in [1.54, 1.807) is 12.1 Å². The van der Waals surface area contributed by atoms with Gasteiger partial charge in [0.1, 0.15) is 11.5 Å². The molecule has 0 spiro atoms. The molecule has 0 aromatic heterocycles. The minimum absolute atomic E-state index is 0.187. The number of nitrogens with one attached hydrogen (secondary N) is 1. The topological polar surface area (TPSA) is 81.4 Å². The summed E-state index contributed by atoms with van der Waals surface area (Å²) in [6, 6.07) is 21.4. The van der Waals surface area contributed by atoms with Crippen molar-refractivity contribution >= 4 is 15.7 Å². The molecule has 146 valence electrons. The lowest BCUT2D eigenvalue weighted by Gasteiger charge is -2.14. The smallest absolute Gasteiger partial charge is 0.240 e. The molecule has 3 rings (SSSR count). The van der Waals surface area contributed by atoms with Crippen molar-refractivity contribution in [3.05, 3.63) is 83.9 Å². The van der Waals surface area contributed by atoms with Crippen molar-refractivity contribution in [2.24, 2.45) is 0 Å². The molecule has 0 saturated heterocycles. The molecule has 0 fully saturated rings. The van der Waals surface area contributed by atoms with Gasteiger partial charge in [-0.15, -0.1) is 0 Å². The van der Waals surface area contributed by atoms with E-state index in [1.807, 2.05) is 42.5 Å². The van der Waals surface area contributed by atoms with Crippen molar-refractivity contribution in [1.29, 1.82) is 0 Å². The molecular weight excluding hydrogens is 372 g/mol. The normalized spacial score (nSPS) is 11.5. The van der Waals surface area contributed by atoms with Crippen LogP contribution in [0.5, 0.6) is 11.5 Å². The Labute approximate surface area is 166 Å². The van der Waals surface area contributed by atoms with Gasteiger partial charge in [0.2, 0.25) is 10.0 Å². The zero-order valence-electron chi connectivity index (χ0n) is 15.9. The second-order valence-corrected chi connectivity index (χ2v) is 8.60. The molecular formula is C22H24N2O3S. The number of sulfonamides is 1. The number of anilines is 1. The fraction of sp³-hybridized carbons (Fsp3) is 0.182. The Balaban J connectivity index is 1.66. The van der Waals surface area contributed by atoms with E-state index in [9.17, 15) is 8.42 Å².